The molecule has 3 aromatic rings. The standard InChI is InChI=1S/C23H32N9O10P/c1-5-12-14(7-17(39-12)32-10-26-21(24)29-22(32)34)42-43(36,37)38-8-15-13(41-23(35)30(3)4)6-16(40-15)31-9-25-18-19(31)27-11(2)28-20(18)33/h9-10,12-17H,5-8H2,1-4H3,(H,36,37)(H2,24,29,34)(H,27,28,33)/t12-,13?,14?,15-,16-,17-/m1/s1. The Bertz CT molecular complexity index is 1660. The molecular formula is C23H32N9O10P. The van der Waals surface area contributed by atoms with Crippen molar-refractivity contribution in [1.29, 1.82) is 0 Å². The zero-order chi connectivity index (χ0) is 31.1. The van der Waals surface area contributed by atoms with E-state index in [9.17, 15) is 23.8 Å². The van der Waals surface area contributed by atoms with Gasteiger partial charge < -0.3 is 34.7 Å². The maximum absolute atomic E-state index is 13.1. The lowest BCUT2D eigenvalue weighted by Gasteiger charge is -2.23. The van der Waals surface area contributed by atoms with Gasteiger partial charge in [0.05, 0.1) is 25.1 Å². The van der Waals surface area contributed by atoms with Crippen LogP contribution in [0.4, 0.5) is 10.7 Å². The number of nitrogens with one attached hydrogen (secondary N) is 1. The van der Waals surface area contributed by atoms with Crippen molar-refractivity contribution >= 4 is 31.0 Å². The van der Waals surface area contributed by atoms with Crippen LogP contribution in [0.15, 0.2) is 22.2 Å². The third-order valence-corrected chi connectivity index (χ3v) is 7.98. The van der Waals surface area contributed by atoms with Gasteiger partial charge in [-0.05, 0) is 13.3 Å². The van der Waals surface area contributed by atoms with Gasteiger partial charge in [0.15, 0.2) is 11.2 Å². The number of nitrogen functional groups attached to an aromatic ring is 1. The summed E-state index contributed by atoms with van der Waals surface area (Å²) >= 11 is 0. The molecule has 19 nitrogen and oxygen atoms in total. The van der Waals surface area contributed by atoms with Gasteiger partial charge in [0.25, 0.3) is 5.56 Å². The molecular weight excluding hydrogens is 593 g/mol. The molecule has 2 aliphatic rings. The van der Waals surface area contributed by atoms with E-state index in [0.29, 0.717) is 12.2 Å². The fraction of sp³-hybridized carbons (Fsp3) is 0.609. The summed E-state index contributed by atoms with van der Waals surface area (Å²) in [6, 6.07) is 0. The Balaban J connectivity index is 1.29. The van der Waals surface area contributed by atoms with Gasteiger partial charge in [0.2, 0.25) is 5.95 Å². The van der Waals surface area contributed by atoms with Crippen molar-refractivity contribution in [1.82, 2.24) is 39.0 Å². The van der Waals surface area contributed by atoms with Gasteiger partial charge in [-0.2, -0.15) is 4.98 Å². The average Bonchev–Trinajstić information content (AvgIpc) is 3.64. The Hall–Kier alpha value is -3.74. The lowest BCUT2D eigenvalue weighted by Crippen LogP contribution is -2.35. The summed E-state index contributed by atoms with van der Waals surface area (Å²) in [6.07, 6.45) is -2.68. The predicted molar refractivity (Wildman–Crippen MR) is 146 cm³/mol. The van der Waals surface area contributed by atoms with Crippen molar-refractivity contribution < 1.29 is 37.5 Å². The molecule has 0 radical (unpaired) electrons. The lowest BCUT2D eigenvalue weighted by molar-refractivity contribution is -0.0533. The number of aromatic nitrogens is 7. The Morgan fingerprint density at radius 3 is 2.51 bits per heavy atom. The monoisotopic (exact) mass is 625 g/mol. The van der Waals surface area contributed by atoms with Crippen molar-refractivity contribution in [2.75, 3.05) is 26.4 Å². The molecule has 0 saturated carbocycles. The highest BCUT2D eigenvalue weighted by molar-refractivity contribution is 7.47. The average molecular weight is 626 g/mol. The molecule has 0 aromatic carbocycles. The van der Waals surface area contributed by atoms with E-state index in [1.165, 1.54) is 36.2 Å². The number of phosphoric ester groups is 1. The minimum Gasteiger partial charge on any atom is -0.443 e. The Morgan fingerprint density at radius 1 is 1.14 bits per heavy atom. The van der Waals surface area contributed by atoms with E-state index in [2.05, 4.69) is 24.9 Å². The molecule has 234 valence electrons. The number of H-pyrrole nitrogens is 1. The van der Waals surface area contributed by atoms with Crippen LogP contribution < -0.4 is 17.0 Å². The van der Waals surface area contributed by atoms with E-state index in [1.807, 2.05) is 0 Å². The van der Waals surface area contributed by atoms with Crippen LogP contribution in [0, 0.1) is 6.92 Å². The van der Waals surface area contributed by atoms with Crippen LogP contribution in [-0.4, -0.2) is 95.1 Å². The second-order valence-electron chi connectivity index (χ2n) is 10.2. The number of amides is 1. The van der Waals surface area contributed by atoms with Crippen molar-refractivity contribution in [3.8, 4) is 0 Å². The molecule has 1 amide bonds. The number of hydrogen-bond donors (Lipinski definition) is 3. The van der Waals surface area contributed by atoms with Crippen LogP contribution in [0.3, 0.4) is 0 Å². The number of nitrogens with two attached hydrogens (primary N) is 1. The number of aryl methyl sites for hydroxylation is 1. The van der Waals surface area contributed by atoms with E-state index in [-0.39, 0.29) is 30.0 Å². The first kappa shape index (κ1) is 30.7. The first-order valence-electron chi connectivity index (χ1n) is 13.3. The number of hydrogen-bond acceptors (Lipinski definition) is 14. The quantitative estimate of drug-likeness (QED) is 0.269. The van der Waals surface area contributed by atoms with E-state index < -0.39 is 68.6 Å². The highest BCUT2D eigenvalue weighted by Gasteiger charge is 2.44. The second kappa shape index (κ2) is 12.1. The molecule has 0 bridgehead atoms. The minimum atomic E-state index is -4.72. The summed E-state index contributed by atoms with van der Waals surface area (Å²) in [7, 11) is -1.71. The number of aromatic amines is 1. The highest BCUT2D eigenvalue weighted by atomic mass is 31.2. The van der Waals surface area contributed by atoms with E-state index in [0.717, 1.165) is 4.57 Å². The molecule has 3 unspecified atom stereocenters. The molecule has 4 N–H and O–H groups in total. The van der Waals surface area contributed by atoms with Crippen molar-refractivity contribution in [3.63, 3.8) is 0 Å². The summed E-state index contributed by atoms with van der Waals surface area (Å²) in [6.45, 7) is 2.91. The normalized spacial score (nSPS) is 26.9. The van der Waals surface area contributed by atoms with Gasteiger partial charge in [0, 0.05) is 26.9 Å². The summed E-state index contributed by atoms with van der Waals surface area (Å²) < 4.78 is 43.9. The van der Waals surface area contributed by atoms with Gasteiger partial charge in [-0.15, -0.1) is 0 Å². The highest BCUT2D eigenvalue weighted by Crippen LogP contribution is 2.49. The number of carbonyl (C=O) groups excluding carboxylic acids is 1. The van der Waals surface area contributed by atoms with Gasteiger partial charge in [-0.3, -0.25) is 23.0 Å². The third kappa shape index (κ3) is 6.61. The molecule has 3 aromatic heterocycles. The van der Waals surface area contributed by atoms with Gasteiger partial charge in [0.1, 0.15) is 36.8 Å². The number of nitrogens with zero attached hydrogens (tertiary/aromatic N) is 7. The minimum absolute atomic E-state index is 0.0317. The summed E-state index contributed by atoms with van der Waals surface area (Å²) in [5.74, 6) is 0.169. The number of rotatable bonds is 9. The smallest absolute Gasteiger partial charge is 0.443 e. The van der Waals surface area contributed by atoms with Gasteiger partial charge >= 0.3 is 19.6 Å². The molecule has 2 saturated heterocycles. The number of carbonyl (C=O) groups is 1. The molecule has 0 aliphatic carbocycles. The second-order valence-corrected chi connectivity index (χ2v) is 11.6. The van der Waals surface area contributed by atoms with Crippen LogP contribution in [0.1, 0.15) is 44.5 Å². The Labute approximate surface area is 243 Å². The number of imidazole rings is 1. The van der Waals surface area contributed by atoms with E-state index in [1.54, 1.807) is 13.8 Å². The maximum Gasteiger partial charge on any atom is 0.472 e. The van der Waals surface area contributed by atoms with Crippen molar-refractivity contribution in [2.45, 2.75) is 70.0 Å². The van der Waals surface area contributed by atoms with Crippen LogP contribution in [0.5, 0.6) is 0 Å². The van der Waals surface area contributed by atoms with E-state index >= 15 is 0 Å². The van der Waals surface area contributed by atoms with Crippen molar-refractivity contribution in [2.24, 2.45) is 0 Å². The molecule has 7 atom stereocenters. The van der Waals surface area contributed by atoms with Crippen LogP contribution in [0.25, 0.3) is 11.2 Å². The number of fused-ring (bicyclic) bond motifs is 1. The molecule has 43 heavy (non-hydrogen) atoms. The zero-order valence-corrected chi connectivity index (χ0v) is 24.6. The molecule has 5 rings (SSSR count). The summed E-state index contributed by atoms with van der Waals surface area (Å²) in [4.78, 5) is 67.1. The first-order chi connectivity index (χ1) is 20.3. The van der Waals surface area contributed by atoms with Crippen molar-refractivity contribution in [3.05, 3.63) is 39.3 Å². The Kier molecular flexibility index (Phi) is 8.64. The van der Waals surface area contributed by atoms with E-state index in [4.69, 9.17) is 29.0 Å². The topological polar surface area (TPSA) is 241 Å². The maximum atomic E-state index is 13.1. The third-order valence-electron chi connectivity index (χ3n) is 6.97. The molecule has 2 fully saturated rings. The fourth-order valence-electron chi connectivity index (χ4n) is 4.89. The number of phosphoric acid groups is 1. The van der Waals surface area contributed by atoms with Crippen LogP contribution in [-0.2, 0) is 27.8 Å². The predicted octanol–water partition coefficient (Wildman–Crippen LogP) is 0.216. The fourth-order valence-corrected chi connectivity index (χ4v) is 5.85. The first-order valence-corrected chi connectivity index (χ1v) is 14.8. The number of ether oxygens (including phenoxy) is 3. The van der Waals surface area contributed by atoms with Gasteiger partial charge in [-0.25, -0.2) is 29.1 Å². The van der Waals surface area contributed by atoms with Gasteiger partial charge in [-0.1, -0.05) is 6.92 Å². The Morgan fingerprint density at radius 2 is 1.81 bits per heavy atom. The molecule has 0 spiro atoms. The molecule has 2 aliphatic heterocycles. The summed E-state index contributed by atoms with van der Waals surface area (Å²) in [5, 5.41) is 0. The van der Waals surface area contributed by atoms with Crippen LogP contribution in [0.2, 0.25) is 0 Å². The number of anilines is 1. The lowest BCUT2D eigenvalue weighted by atomic mass is 10.1. The van der Waals surface area contributed by atoms with Crippen LogP contribution >= 0.6 is 7.82 Å². The molecule has 20 heteroatoms. The SMILES string of the molecule is CC[C@H]1O[C@@H](n2cnc(N)nc2=O)CC1OP(=O)(O)OC[C@H]1O[C@@H](n2cnc3c(=O)[nH]c(C)nc32)CC1OC(=O)N(C)C. The molecule has 5 heterocycles. The summed E-state index contributed by atoms with van der Waals surface area (Å²) in [5.41, 5.74) is 4.69. The largest absolute Gasteiger partial charge is 0.472 e. The zero-order valence-electron chi connectivity index (χ0n) is 23.7.